The van der Waals surface area contributed by atoms with Gasteiger partial charge >= 0.3 is 0 Å². The largest absolute Gasteiger partial charge is 0.409 e. The molecule has 106 valence electrons. The van der Waals surface area contributed by atoms with E-state index >= 15 is 0 Å². The predicted octanol–water partition coefficient (Wildman–Crippen LogP) is 2.71. The third-order valence-electron chi connectivity index (χ3n) is 3.73. The summed E-state index contributed by atoms with van der Waals surface area (Å²) >= 11 is 0. The van der Waals surface area contributed by atoms with Crippen LogP contribution in [0.15, 0.2) is 5.16 Å². The molecule has 0 aromatic rings. The summed E-state index contributed by atoms with van der Waals surface area (Å²) in [5.41, 5.74) is 6.29. The van der Waals surface area contributed by atoms with Crippen molar-refractivity contribution in [2.45, 2.75) is 65.8 Å². The number of nitrogens with one attached hydrogen (secondary N) is 1. The Bertz CT molecular complexity index is 281. The molecule has 0 aliphatic heterocycles. The molecule has 4 heteroatoms. The molecule has 1 aliphatic rings. The maximum absolute atomic E-state index is 8.46. The first-order valence-electron chi connectivity index (χ1n) is 6.94. The van der Waals surface area contributed by atoms with E-state index in [9.17, 15) is 0 Å². The van der Waals surface area contributed by atoms with Gasteiger partial charge in [0.2, 0.25) is 0 Å². The molecule has 4 nitrogen and oxygen atoms in total. The quantitative estimate of drug-likeness (QED) is 0.232. The van der Waals surface area contributed by atoms with Crippen molar-refractivity contribution in [3.05, 3.63) is 0 Å². The fourth-order valence-electron chi connectivity index (χ4n) is 3.62. The highest BCUT2D eigenvalue weighted by atomic mass is 16.4. The minimum atomic E-state index is 0.320. The summed E-state index contributed by atoms with van der Waals surface area (Å²) in [6.45, 7) is 10.4. The SMILES string of the molecule is CC1(C)CC(NCCCC(N)=NO)CC(C)(C)C1. The van der Waals surface area contributed by atoms with Gasteiger partial charge in [-0.25, -0.2) is 0 Å². The van der Waals surface area contributed by atoms with Gasteiger partial charge in [-0.1, -0.05) is 32.9 Å². The lowest BCUT2D eigenvalue weighted by atomic mass is 9.63. The molecule has 4 N–H and O–H groups in total. The van der Waals surface area contributed by atoms with Gasteiger partial charge in [-0.3, -0.25) is 0 Å². The van der Waals surface area contributed by atoms with E-state index < -0.39 is 0 Å². The average molecular weight is 255 g/mol. The van der Waals surface area contributed by atoms with E-state index in [-0.39, 0.29) is 0 Å². The first-order chi connectivity index (χ1) is 8.24. The monoisotopic (exact) mass is 255 g/mol. The van der Waals surface area contributed by atoms with E-state index in [1.54, 1.807) is 0 Å². The molecule has 0 aromatic heterocycles. The van der Waals surface area contributed by atoms with Crippen LogP contribution in [0, 0.1) is 10.8 Å². The normalized spacial score (nSPS) is 24.1. The average Bonchev–Trinajstić information content (AvgIpc) is 2.19. The molecule has 1 fully saturated rings. The third kappa shape index (κ3) is 5.25. The Morgan fingerprint density at radius 2 is 1.83 bits per heavy atom. The van der Waals surface area contributed by atoms with E-state index in [2.05, 4.69) is 38.2 Å². The molecule has 18 heavy (non-hydrogen) atoms. The van der Waals surface area contributed by atoms with Crippen LogP contribution in [-0.2, 0) is 0 Å². The van der Waals surface area contributed by atoms with E-state index in [4.69, 9.17) is 10.9 Å². The first kappa shape index (κ1) is 15.3. The number of hydrogen-bond donors (Lipinski definition) is 3. The molecule has 0 aromatic carbocycles. The maximum Gasteiger partial charge on any atom is 0.139 e. The number of hydrogen-bond acceptors (Lipinski definition) is 3. The Kier molecular flexibility index (Phi) is 5.02. The Morgan fingerprint density at radius 3 is 2.33 bits per heavy atom. The number of oxime groups is 1. The van der Waals surface area contributed by atoms with Crippen LogP contribution in [0.5, 0.6) is 0 Å². The van der Waals surface area contributed by atoms with Crippen molar-refractivity contribution in [2.75, 3.05) is 6.54 Å². The Hall–Kier alpha value is -0.770. The fraction of sp³-hybridized carbons (Fsp3) is 0.929. The van der Waals surface area contributed by atoms with Crippen molar-refractivity contribution < 1.29 is 5.21 Å². The van der Waals surface area contributed by atoms with Crippen LogP contribution in [-0.4, -0.2) is 23.6 Å². The number of rotatable bonds is 5. The molecule has 0 saturated heterocycles. The van der Waals surface area contributed by atoms with Crippen molar-refractivity contribution in [1.29, 1.82) is 0 Å². The summed E-state index contributed by atoms with van der Waals surface area (Å²) < 4.78 is 0. The van der Waals surface area contributed by atoms with Crippen LogP contribution in [0.25, 0.3) is 0 Å². The molecule has 0 amide bonds. The van der Waals surface area contributed by atoms with Gasteiger partial charge in [0.1, 0.15) is 5.84 Å². The summed E-state index contributed by atoms with van der Waals surface area (Å²) in [6.07, 6.45) is 5.35. The van der Waals surface area contributed by atoms with Crippen molar-refractivity contribution in [3.63, 3.8) is 0 Å². The van der Waals surface area contributed by atoms with E-state index in [0.717, 1.165) is 13.0 Å². The summed E-state index contributed by atoms with van der Waals surface area (Å²) in [4.78, 5) is 0. The van der Waals surface area contributed by atoms with Crippen LogP contribution >= 0.6 is 0 Å². The summed E-state index contributed by atoms with van der Waals surface area (Å²) in [5.74, 6) is 0.320. The first-order valence-corrected chi connectivity index (χ1v) is 6.94. The van der Waals surface area contributed by atoms with Crippen molar-refractivity contribution in [3.8, 4) is 0 Å². The topological polar surface area (TPSA) is 70.6 Å². The highest BCUT2D eigenvalue weighted by Crippen LogP contribution is 2.45. The standard InChI is InChI=1S/C14H29N3O/c1-13(2)8-11(9-14(3,4)10-13)16-7-5-6-12(15)17-18/h11,16,18H,5-10H2,1-4H3,(H2,15,17). The molecular formula is C14H29N3O. The Labute approximate surface area is 111 Å². The molecule has 0 bridgehead atoms. The van der Waals surface area contributed by atoms with E-state index in [1.807, 2.05) is 0 Å². The molecule has 0 heterocycles. The number of amidine groups is 1. The second-order valence-electron chi connectivity index (χ2n) is 7.26. The van der Waals surface area contributed by atoms with Crippen LogP contribution < -0.4 is 11.1 Å². The smallest absolute Gasteiger partial charge is 0.139 e. The Morgan fingerprint density at radius 1 is 1.28 bits per heavy atom. The molecule has 0 spiro atoms. The second-order valence-corrected chi connectivity index (χ2v) is 7.26. The highest BCUT2D eigenvalue weighted by Gasteiger charge is 2.37. The molecule has 1 rings (SSSR count). The summed E-state index contributed by atoms with van der Waals surface area (Å²) in [7, 11) is 0. The van der Waals surface area contributed by atoms with Crippen molar-refractivity contribution in [2.24, 2.45) is 21.7 Å². The molecule has 0 unspecified atom stereocenters. The lowest BCUT2D eigenvalue weighted by molar-refractivity contribution is 0.0852. The molecule has 1 saturated carbocycles. The van der Waals surface area contributed by atoms with Gasteiger partial charge in [-0.15, -0.1) is 0 Å². The van der Waals surface area contributed by atoms with Gasteiger partial charge in [0.15, 0.2) is 0 Å². The lowest BCUT2D eigenvalue weighted by Crippen LogP contribution is -2.44. The third-order valence-corrected chi connectivity index (χ3v) is 3.73. The minimum absolute atomic E-state index is 0.320. The van der Waals surface area contributed by atoms with Gasteiger partial charge in [0, 0.05) is 12.5 Å². The summed E-state index contributed by atoms with van der Waals surface area (Å²) in [5, 5.41) is 15.1. The van der Waals surface area contributed by atoms with E-state index in [1.165, 1.54) is 19.3 Å². The zero-order valence-electron chi connectivity index (χ0n) is 12.3. The van der Waals surface area contributed by atoms with Gasteiger partial charge in [0.25, 0.3) is 0 Å². The fourth-order valence-corrected chi connectivity index (χ4v) is 3.62. The van der Waals surface area contributed by atoms with Crippen LogP contribution in [0.1, 0.15) is 59.8 Å². The maximum atomic E-state index is 8.46. The van der Waals surface area contributed by atoms with Crippen molar-refractivity contribution >= 4 is 5.84 Å². The van der Waals surface area contributed by atoms with Crippen LogP contribution in [0.4, 0.5) is 0 Å². The lowest BCUT2D eigenvalue weighted by Gasteiger charge is -2.45. The highest BCUT2D eigenvalue weighted by molar-refractivity contribution is 5.79. The van der Waals surface area contributed by atoms with Gasteiger partial charge in [-0.05, 0) is 43.1 Å². The predicted molar refractivity (Wildman–Crippen MR) is 75.8 cm³/mol. The second kappa shape index (κ2) is 5.91. The van der Waals surface area contributed by atoms with Gasteiger partial charge in [-0.2, -0.15) is 0 Å². The number of nitrogens with zero attached hydrogens (tertiary/aromatic N) is 1. The van der Waals surface area contributed by atoms with Crippen LogP contribution in [0.3, 0.4) is 0 Å². The zero-order valence-corrected chi connectivity index (χ0v) is 12.3. The van der Waals surface area contributed by atoms with Gasteiger partial charge in [0.05, 0.1) is 0 Å². The molecule has 1 aliphatic carbocycles. The molecule has 0 atom stereocenters. The number of nitrogens with two attached hydrogens (primary N) is 1. The van der Waals surface area contributed by atoms with E-state index in [0.29, 0.717) is 29.1 Å². The zero-order chi connectivity index (χ0) is 13.8. The van der Waals surface area contributed by atoms with Crippen molar-refractivity contribution in [1.82, 2.24) is 5.32 Å². The minimum Gasteiger partial charge on any atom is -0.409 e. The summed E-state index contributed by atoms with van der Waals surface area (Å²) in [6, 6.07) is 0.594. The van der Waals surface area contributed by atoms with Crippen LogP contribution in [0.2, 0.25) is 0 Å². The molecule has 0 radical (unpaired) electrons. The Balaban J connectivity index is 2.34. The van der Waals surface area contributed by atoms with Gasteiger partial charge < -0.3 is 16.3 Å². The molecular weight excluding hydrogens is 226 g/mol.